The molecule has 0 bridgehead atoms. The SMILES string of the molecule is CN(C)c1cc(-c2nc3ccccc3[nH]2)c(O)c2c1C[C@H]1C[C@H]3[C@H](N(C)C)C(=O)C(C(N)=O)=C(O)[C@@]3(O)C(=O)C1=C2O.Cl. The number of nitrogens with zero attached hydrogens (tertiary/aromatic N) is 3. The van der Waals surface area contributed by atoms with Crippen LogP contribution >= 0.6 is 12.4 Å². The highest BCUT2D eigenvalue weighted by molar-refractivity contribution is 6.24. The minimum atomic E-state index is -2.69. The number of aromatic hydroxyl groups is 1. The number of nitrogens with one attached hydrogen (secondary N) is 1. The normalized spacial score (nSPS) is 24.9. The number of phenolic OH excluding ortho intramolecular Hbond substituents is 1. The summed E-state index contributed by atoms with van der Waals surface area (Å²) in [5, 5.41) is 46.1. The minimum Gasteiger partial charge on any atom is -0.508 e. The Morgan fingerprint density at radius 2 is 1.79 bits per heavy atom. The van der Waals surface area contributed by atoms with E-state index in [1.54, 1.807) is 20.2 Å². The van der Waals surface area contributed by atoms with Crippen molar-refractivity contribution in [1.29, 1.82) is 0 Å². The maximum atomic E-state index is 14.1. The molecular weight excluding hydrogens is 578 g/mol. The van der Waals surface area contributed by atoms with Crippen LogP contribution in [0.15, 0.2) is 47.2 Å². The number of nitrogens with two attached hydrogens (primary N) is 1. The number of hydrogen-bond acceptors (Lipinski definition) is 10. The van der Waals surface area contributed by atoms with Gasteiger partial charge in [-0.25, -0.2) is 4.98 Å². The van der Waals surface area contributed by atoms with E-state index in [2.05, 4.69) is 9.97 Å². The first-order chi connectivity index (χ1) is 19.8. The lowest BCUT2D eigenvalue weighted by atomic mass is 9.57. The molecule has 1 saturated carbocycles. The Hall–Kier alpha value is -4.39. The molecule has 0 saturated heterocycles. The summed E-state index contributed by atoms with van der Waals surface area (Å²) in [5.41, 5.74) is 4.60. The zero-order valence-electron chi connectivity index (χ0n) is 23.9. The van der Waals surface area contributed by atoms with E-state index in [1.165, 1.54) is 4.90 Å². The lowest BCUT2D eigenvalue weighted by Gasteiger charge is -2.50. The number of Topliss-reactive ketones (excluding diaryl/α,β-unsaturated/α-hetero) is 2. The number of halogens is 1. The maximum Gasteiger partial charge on any atom is 0.255 e. The maximum absolute atomic E-state index is 14.1. The van der Waals surface area contributed by atoms with Gasteiger partial charge in [0.15, 0.2) is 11.4 Å². The van der Waals surface area contributed by atoms with E-state index in [1.807, 2.05) is 43.3 Å². The van der Waals surface area contributed by atoms with E-state index in [0.29, 0.717) is 22.6 Å². The van der Waals surface area contributed by atoms with Gasteiger partial charge in [0, 0.05) is 31.3 Å². The predicted molar refractivity (Wildman–Crippen MR) is 161 cm³/mol. The number of amides is 1. The third-order valence-corrected chi connectivity index (χ3v) is 8.82. The van der Waals surface area contributed by atoms with E-state index in [-0.39, 0.29) is 47.7 Å². The molecule has 1 amide bonds. The molecule has 3 aliphatic carbocycles. The monoisotopic (exact) mass is 609 g/mol. The average molecular weight is 610 g/mol. The summed E-state index contributed by atoms with van der Waals surface area (Å²) in [6, 6.07) is 7.95. The number of imidazole rings is 1. The van der Waals surface area contributed by atoms with Gasteiger partial charge in [-0.1, -0.05) is 12.1 Å². The van der Waals surface area contributed by atoms with Crippen LogP contribution in [0.3, 0.4) is 0 Å². The Kier molecular flexibility index (Phi) is 7.07. The zero-order valence-corrected chi connectivity index (χ0v) is 24.7. The van der Waals surface area contributed by atoms with E-state index >= 15 is 0 Å². The largest absolute Gasteiger partial charge is 0.508 e. The number of phenols is 1. The molecule has 4 atom stereocenters. The van der Waals surface area contributed by atoms with E-state index < -0.39 is 58.0 Å². The number of primary amides is 1. The lowest BCUT2D eigenvalue weighted by Crippen LogP contribution is -2.65. The number of aliphatic hydroxyl groups excluding tert-OH is 2. The second kappa shape index (κ2) is 10.1. The number of aromatic nitrogens is 2. The van der Waals surface area contributed by atoms with Crippen LogP contribution in [0, 0.1) is 11.8 Å². The first-order valence-electron chi connectivity index (χ1n) is 13.4. The Bertz CT molecular complexity index is 1760. The standard InChI is InChI=1S/C30H31N5O7.ClH/c1-34(2)18-11-14(29-32-16-7-5-6-8-17(16)33-29)23(36)20-13(18)9-12-10-15-22(35(3)4)25(38)21(28(31)41)27(40)30(15,42)26(39)19(12)24(20)37;/h5-8,11-12,15,22,36-37,40,42H,9-10H2,1-4H3,(H2,31,41)(H,32,33);1H/t12-,15-,22-,30-;/m0./s1. The highest BCUT2D eigenvalue weighted by Gasteiger charge is 2.64. The van der Waals surface area contributed by atoms with Gasteiger partial charge in [-0.15, -0.1) is 12.4 Å². The van der Waals surface area contributed by atoms with Gasteiger partial charge >= 0.3 is 0 Å². The Morgan fingerprint density at radius 1 is 1.12 bits per heavy atom. The molecule has 6 rings (SSSR count). The molecule has 43 heavy (non-hydrogen) atoms. The van der Waals surface area contributed by atoms with Crippen molar-refractivity contribution in [1.82, 2.24) is 14.9 Å². The van der Waals surface area contributed by atoms with E-state index in [9.17, 15) is 34.8 Å². The topological polar surface area (TPSA) is 193 Å². The molecule has 3 aromatic rings. The van der Waals surface area contributed by atoms with Crippen molar-refractivity contribution in [2.75, 3.05) is 33.1 Å². The molecule has 13 heteroatoms. The van der Waals surface area contributed by atoms with E-state index in [4.69, 9.17) is 5.73 Å². The third-order valence-electron chi connectivity index (χ3n) is 8.82. The molecule has 1 heterocycles. The molecule has 226 valence electrons. The van der Waals surface area contributed by atoms with Crippen LogP contribution in [0.5, 0.6) is 5.75 Å². The van der Waals surface area contributed by atoms with Crippen molar-refractivity contribution in [3.63, 3.8) is 0 Å². The molecule has 2 aromatic carbocycles. The smallest absolute Gasteiger partial charge is 0.255 e. The molecule has 3 aliphatic rings. The summed E-state index contributed by atoms with van der Waals surface area (Å²) in [4.78, 5) is 50.7. The molecule has 12 nitrogen and oxygen atoms in total. The van der Waals surface area contributed by atoms with Crippen molar-refractivity contribution in [2.45, 2.75) is 24.5 Å². The number of para-hydroxylation sites is 2. The Balaban J connectivity index is 0.00000368. The van der Waals surface area contributed by atoms with Crippen LogP contribution in [-0.4, -0.2) is 92.6 Å². The van der Waals surface area contributed by atoms with Gasteiger partial charge in [0.2, 0.25) is 5.78 Å². The number of rotatable bonds is 4. The summed E-state index contributed by atoms with van der Waals surface area (Å²) in [5.74, 6) is -6.56. The Labute approximate surface area is 252 Å². The van der Waals surface area contributed by atoms with Gasteiger partial charge in [-0.2, -0.15) is 0 Å². The fourth-order valence-electron chi connectivity index (χ4n) is 6.95. The number of carbonyl (C=O) groups excluding carboxylic acids is 3. The van der Waals surface area contributed by atoms with Gasteiger partial charge in [0.05, 0.1) is 28.2 Å². The molecule has 7 N–H and O–H groups in total. The number of fused-ring (bicyclic) bond motifs is 4. The molecule has 1 fully saturated rings. The molecule has 0 radical (unpaired) electrons. The molecule has 0 unspecified atom stereocenters. The average Bonchev–Trinajstić information content (AvgIpc) is 3.34. The summed E-state index contributed by atoms with van der Waals surface area (Å²) in [7, 11) is 6.75. The van der Waals surface area contributed by atoms with E-state index in [0.717, 1.165) is 5.52 Å². The highest BCUT2D eigenvalue weighted by Crippen LogP contribution is 2.54. The fraction of sp³-hybridized carbons (Fsp3) is 0.333. The minimum absolute atomic E-state index is 0. The number of H-pyrrole nitrogens is 1. The van der Waals surface area contributed by atoms with Crippen LogP contribution in [0.25, 0.3) is 28.2 Å². The van der Waals surface area contributed by atoms with Crippen molar-refractivity contribution in [3.8, 4) is 17.1 Å². The van der Waals surface area contributed by atoms with Crippen LogP contribution in [0.4, 0.5) is 5.69 Å². The van der Waals surface area contributed by atoms with Gasteiger partial charge in [0.25, 0.3) is 5.91 Å². The number of ketones is 2. The first-order valence-corrected chi connectivity index (χ1v) is 13.4. The highest BCUT2D eigenvalue weighted by atomic mass is 35.5. The van der Waals surface area contributed by atoms with Crippen molar-refractivity contribution in [3.05, 3.63) is 58.4 Å². The molecule has 0 spiro atoms. The molecule has 0 aliphatic heterocycles. The molecule has 1 aromatic heterocycles. The van der Waals surface area contributed by atoms with Crippen LogP contribution < -0.4 is 10.6 Å². The second-order valence-electron chi connectivity index (χ2n) is 11.6. The number of benzene rings is 2. The number of aromatic amines is 1. The summed E-state index contributed by atoms with van der Waals surface area (Å²) in [6.07, 6.45) is 0.209. The number of hydrogen-bond donors (Lipinski definition) is 6. The van der Waals surface area contributed by atoms with Gasteiger partial charge in [-0.3, -0.25) is 19.3 Å². The zero-order chi connectivity index (χ0) is 30.4. The lowest BCUT2D eigenvalue weighted by molar-refractivity contribution is -0.153. The first kappa shape index (κ1) is 30.1. The summed E-state index contributed by atoms with van der Waals surface area (Å²) >= 11 is 0. The number of anilines is 1. The van der Waals surface area contributed by atoms with Gasteiger partial charge in [-0.05, 0) is 56.6 Å². The summed E-state index contributed by atoms with van der Waals surface area (Å²) in [6.45, 7) is 0. The Morgan fingerprint density at radius 3 is 2.40 bits per heavy atom. The van der Waals surface area contributed by atoms with Crippen molar-refractivity contribution < 1.29 is 34.8 Å². The number of aliphatic hydroxyl groups is 3. The molecular formula is C30H32ClN5O7. The van der Waals surface area contributed by atoms with Crippen LogP contribution in [0.1, 0.15) is 17.5 Å². The van der Waals surface area contributed by atoms with Gasteiger partial charge < -0.3 is 36.0 Å². The van der Waals surface area contributed by atoms with Crippen LogP contribution in [-0.2, 0) is 20.8 Å². The van der Waals surface area contributed by atoms with Crippen molar-refractivity contribution in [2.24, 2.45) is 17.6 Å². The number of carbonyl (C=O) groups is 3. The van der Waals surface area contributed by atoms with Gasteiger partial charge in [0.1, 0.15) is 28.7 Å². The summed E-state index contributed by atoms with van der Waals surface area (Å²) < 4.78 is 0. The van der Waals surface area contributed by atoms with Crippen LogP contribution in [0.2, 0.25) is 0 Å². The predicted octanol–water partition coefficient (Wildman–Crippen LogP) is 2.00. The fourth-order valence-corrected chi connectivity index (χ4v) is 6.95. The second-order valence-corrected chi connectivity index (χ2v) is 11.6. The quantitative estimate of drug-likeness (QED) is 0.238. The number of likely N-dealkylation sites (N-methyl/N-ethyl adjacent to an activating group) is 1. The van der Waals surface area contributed by atoms with Crippen molar-refractivity contribution >= 4 is 52.4 Å². The third kappa shape index (κ3) is 4.04.